The number of rotatable bonds is 5. The Morgan fingerprint density at radius 3 is 3.00 bits per heavy atom. The Morgan fingerprint density at radius 2 is 2.47 bits per heavy atom. The van der Waals surface area contributed by atoms with Gasteiger partial charge in [0.25, 0.3) is 0 Å². The van der Waals surface area contributed by atoms with Crippen molar-refractivity contribution >= 4 is 5.91 Å². The van der Waals surface area contributed by atoms with Crippen LogP contribution in [-0.4, -0.2) is 24.1 Å². The number of carbonyl (C=O) groups is 1. The van der Waals surface area contributed by atoms with E-state index in [-0.39, 0.29) is 5.91 Å². The molecule has 1 atom stereocenters. The van der Waals surface area contributed by atoms with E-state index in [2.05, 4.69) is 10.3 Å². The van der Waals surface area contributed by atoms with Crippen molar-refractivity contribution in [2.24, 2.45) is 0 Å². The second kappa shape index (κ2) is 5.50. The molecule has 5 nitrogen and oxygen atoms in total. The molecule has 0 saturated carbocycles. The average molecular weight is 212 g/mol. The maximum Gasteiger partial charge on any atom is 0.249 e. The van der Waals surface area contributed by atoms with E-state index in [0.29, 0.717) is 12.4 Å². The van der Waals surface area contributed by atoms with Gasteiger partial charge in [-0.25, -0.2) is 4.98 Å². The number of methoxy groups -OCH3 is 1. The van der Waals surface area contributed by atoms with Crippen molar-refractivity contribution in [3.05, 3.63) is 17.8 Å². The Labute approximate surface area is 88.8 Å². The molecule has 1 rings (SSSR count). The van der Waals surface area contributed by atoms with Crippen LogP contribution in [0.3, 0.4) is 0 Å². The van der Waals surface area contributed by atoms with Crippen LogP contribution in [0.1, 0.15) is 25.5 Å². The van der Waals surface area contributed by atoms with Crippen molar-refractivity contribution in [1.82, 2.24) is 10.3 Å². The normalized spacial score (nSPS) is 12.5. The first-order valence-corrected chi connectivity index (χ1v) is 4.91. The molecule has 84 valence electrons. The monoisotopic (exact) mass is 212 g/mol. The minimum Gasteiger partial charge on any atom is -0.444 e. The molecular weight excluding hydrogens is 196 g/mol. The predicted molar refractivity (Wildman–Crippen MR) is 54.2 cm³/mol. The second-order valence-electron chi connectivity index (χ2n) is 3.17. The van der Waals surface area contributed by atoms with Crippen LogP contribution >= 0.6 is 0 Å². The SMILES string of the molecule is CCc1cnc(CNC(=O)C(C)OC)o1. The summed E-state index contributed by atoms with van der Waals surface area (Å²) >= 11 is 0. The number of aryl methyl sites for hydroxylation is 1. The fraction of sp³-hybridized carbons (Fsp3) is 0.600. The third-order valence-corrected chi connectivity index (χ3v) is 2.09. The van der Waals surface area contributed by atoms with E-state index in [4.69, 9.17) is 9.15 Å². The zero-order valence-electron chi connectivity index (χ0n) is 9.24. The van der Waals surface area contributed by atoms with Gasteiger partial charge in [-0.05, 0) is 6.92 Å². The van der Waals surface area contributed by atoms with Gasteiger partial charge < -0.3 is 14.5 Å². The molecule has 1 aromatic rings. The lowest BCUT2D eigenvalue weighted by molar-refractivity contribution is -0.130. The van der Waals surface area contributed by atoms with E-state index in [1.165, 1.54) is 7.11 Å². The highest BCUT2D eigenvalue weighted by molar-refractivity contribution is 5.80. The van der Waals surface area contributed by atoms with Crippen LogP contribution in [0.15, 0.2) is 10.6 Å². The molecule has 0 saturated heterocycles. The number of aromatic nitrogens is 1. The molecule has 1 aromatic heterocycles. The van der Waals surface area contributed by atoms with Gasteiger partial charge in [0.2, 0.25) is 11.8 Å². The quantitative estimate of drug-likeness (QED) is 0.787. The fourth-order valence-electron chi connectivity index (χ4n) is 1.01. The number of nitrogens with zero attached hydrogens (tertiary/aromatic N) is 1. The van der Waals surface area contributed by atoms with E-state index in [9.17, 15) is 4.79 Å². The van der Waals surface area contributed by atoms with E-state index in [1.807, 2.05) is 6.92 Å². The first-order chi connectivity index (χ1) is 7.17. The number of hydrogen-bond acceptors (Lipinski definition) is 4. The summed E-state index contributed by atoms with van der Waals surface area (Å²) < 4.78 is 10.2. The lowest BCUT2D eigenvalue weighted by atomic mass is 10.4. The summed E-state index contributed by atoms with van der Waals surface area (Å²) in [6.45, 7) is 3.96. The number of amides is 1. The maximum absolute atomic E-state index is 11.3. The van der Waals surface area contributed by atoms with Crippen LogP contribution in [0.5, 0.6) is 0 Å². The van der Waals surface area contributed by atoms with Gasteiger partial charge in [-0.3, -0.25) is 4.79 Å². The first kappa shape index (κ1) is 11.7. The summed E-state index contributed by atoms with van der Waals surface area (Å²) in [7, 11) is 1.49. The molecule has 1 unspecified atom stereocenters. The summed E-state index contributed by atoms with van der Waals surface area (Å²) in [5.41, 5.74) is 0. The molecule has 0 bridgehead atoms. The van der Waals surface area contributed by atoms with E-state index < -0.39 is 6.10 Å². The number of carbonyl (C=O) groups excluding carboxylic acids is 1. The zero-order chi connectivity index (χ0) is 11.3. The molecular formula is C10H16N2O3. The Balaban J connectivity index is 2.40. The molecule has 0 aliphatic rings. The van der Waals surface area contributed by atoms with Crippen LogP contribution < -0.4 is 5.32 Å². The standard InChI is InChI=1S/C10H16N2O3/c1-4-8-5-11-9(15-8)6-12-10(13)7(2)14-3/h5,7H,4,6H2,1-3H3,(H,12,13). The minimum absolute atomic E-state index is 0.172. The molecule has 0 aliphatic carbocycles. The van der Waals surface area contributed by atoms with Crippen LogP contribution in [0.2, 0.25) is 0 Å². The highest BCUT2D eigenvalue weighted by Crippen LogP contribution is 2.03. The predicted octanol–water partition coefficient (Wildman–Crippen LogP) is 0.888. The van der Waals surface area contributed by atoms with Crippen molar-refractivity contribution < 1.29 is 13.9 Å². The molecule has 1 amide bonds. The lowest BCUT2D eigenvalue weighted by Crippen LogP contribution is -2.33. The average Bonchev–Trinajstić information content (AvgIpc) is 2.72. The highest BCUT2D eigenvalue weighted by atomic mass is 16.5. The second-order valence-corrected chi connectivity index (χ2v) is 3.17. The first-order valence-electron chi connectivity index (χ1n) is 4.91. The van der Waals surface area contributed by atoms with Gasteiger partial charge in [-0.15, -0.1) is 0 Å². The van der Waals surface area contributed by atoms with Gasteiger partial charge in [-0.1, -0.05) is 6.92 Å². The zero-order valence-corrected chi connectivity index (χ0v) is 9.24. The van der Waals surface area contributed by atoms with Crippen LogP contribution in [0, 0.1) is 0 Å². The Kier molecular flexibility index (Phi) is 4.30. The van der Waals surface area contributed by atoms with Gasteiger partial charge in [-0.2, -0.15) is 0 Å². The van der Waals surface area contributed by atoms with Gasteiger partial charge >= 0.3 is 0 Å². The van der Waals surface area contributed by atoms with Crippen molar-refractivity contribution in [2.45, 2.75) is 32.9 Å². The number of ether oxygens (including phenoxy) is 1. The van der Waals surface area contributed by atoms with Crippen molar-refractivity contribution in [3.63, 3.8) is 0 Å². The summed E-state index contributed by atoms with van der Waals surface area (Å²) in [4.78, 5) is 15.3. The largest absolute Gasteiger partial charge is 0.444 e. The summed E-state index contributed by atoms with van der Waals surface area (Å²) in [6, 6.07) is 0. The molecule has 1 heterocycles. The van der Waals surface area contributed by atoms with Crippen molar-refractivity contribution in [3.8, 4) is 0 Å². The molecule has 0 radical (unpaired) electrons. The van der Waals surface area contributed by atoms with Gasteiger partial charge in [0.1, 0.15) is 11.9 Å². The third kappa shape index (κ3) is 3.36. The molecule has 0 spiro atoms. The van der Waals surface area contributed by atoms with Gasteiger partial charge in [0, 0.05) is 13.5 Å². The fourth-order valence-corrected chi connectivity index (χ4v) is 1.01. The van der Waals surface area contributed by atoms with Gasteiger partial charge in [0.05, 0.1) is 12.7 Å². The maximum atomic E-state index is 11.3. The van der Waals surface area contributed by atoms with Crippen molar-refractivity contribution in [2.75, 3.05) is 7.11 Å². The Bertz CT molecular complexity index is 322. The minimum atomic E-state index is -0.453. The Morgan fingerprint density at radius 1 is 1.73 bits per heavy atom. The van der Waals surface area contributed by atoms with Crippen LogP contribution in [-0.2, 0) is 22.5 Å². The topological polar surface area (TPSA) is 64.4 Å². The van der Waals surface area contributed by atoms with Crippen molar-refractivity contribution in [1.29, 1.82) is 0 Å². The highest BCUT2D eigenvalue weighted by Gasteiger charge is 2.11. The van der Waals surface area contributed by atoms with E-state index >= 15 is 0 Å². The lowest BCUT2D eigenvalue weighted by Gasteiger charge is -2.08. The Hall–Kier alpha value is -1.36. The number of hydrogen-bond donors (Lipinski definition) is 1. The molecule has 15 heavy (non-hydrogen) atoms. The summed E-state index contributed by atoms with van der Waals surface area (Å²) in [6.07, 6.45) is 2.02. The van der Waals surface area contributed by atoms with E-state index in [1.54, 1.807) is 13.1 Å². The van der Waals surface area contributed by atoms with Crippen LogP contribution in [0.25, 0.3) is 0 Å². The van der Waals surface area contributed by atoms with Gasteiger partial charge in [0.15, 0.2) is 0 Å². The summed E-state index contributed by atoms with van der Waals surface area (Å²) in [5, 5.41) is 2.67. The summed E-state index contributed by atoms with van der Waals surface area (Å²) in [5.74, 6) is 1.16. The number of nitrogens with one attached hydrogen (secondary N) is 1. The molecule has 0 fully saturated rings. The third-order valence-electron chi connectivity index (χ3n) is 2.09. The van der Waals surface area contributed by atoms with Crippen LogP contribution in [0.4, 0.5) is 0 Å². The molecule has 1 N–H and O–H groups in total. The molecule has 0 aliphatic heterocycles. The molecule has 0 aromatic carbocycles. The smallest absolute Gasteiger partial charge is 0.249 e. The van der Waals surface area contributed by atoms with E-state index in [0.717, 1.165) is 12.2 Å². The molecule has 5 heteroatoms. The number of oxazole rings is 1.